The first kappa shape index (κ1) is 17.6. The minimum atomic E-state index is -0.524. The molecule has 0 aromatic heterocycles. The minimum absolute atomic E-state index is 0.0786. The van der Waals surface area contributed by atoms with Gasteiger partial charge in [0.2, 0.25) is 5.96 Å². The summed E-state index contributed by atoms with van der Waals surface area (Å²) < 4.78 is 0. The molecule has 2 aromatic carbocycles. The molecule has 2 rings (SSSR count). The van der Waals surface area contributed by atoms with Crippen LogP contribution in [0.25, 0.3) is 0 Å². The second-order valence-electron chi connectivity index (χ2n) is 5.05. The van der Waals surface area contributed by atoms with Gasteiger partial charge in [0.25, 0.3) is 11.6 Å². The van der Waals surface area contributed by atoms with Gasteiger partial charge >= 0.3 is 0 Å². The number of carbonyl (C=O) groups is 1. The summed E-state index contributed by atoms with van der Waals surface area (Å²) in [7, 11) is 0. The summed E-state index contributed by atoms with van der Waals surface area (Å²) in [6.45, 7) is 1.73. The van der Waals surface area contributed by atoms with Crippen LogP contribution in [0, 0.1) is 10.1 Å². The van der Waals surface area contributed by atoms with Crippen molar-refractivity contribution in [3.05, 3.63) is 69.8 Å². The molecule has 0 spiro atoms. The number of rotatable bonds is 5. The lowest BCUT2D eigenvalue weighted by Gasteiger charge is -2.07. The summed E-state index contributed by atoms with van der Waals surface area (Å²) in [4.78, 5) is 22.3. The molecule has 5 N–H and O–H groups in total. The fraction of sp³-hybridized carbons (Fsp3) is 0.0625. The van der Waals surface area contributed by atoms with Gasteiger partial charge in [-0.1, -0.05) is 12.1 Å². The van der Waals surface area contributed by atoms with Gasteiger partial charge in [0.15, 0.2) is 0 Å². The molecular weight excluding hydrogens is 324 g/mol. The highest BCUT2D eigenvalue weighted by atomic mass is 16.6. The van der Waals surface area contributed by atoms with E-state index in [1.807, 2.05) is 0 Å². The lowest BCUT2D eigenvalue weighted by Crippen LogP contribution is -2.22. The molecule has 0 aliphatic rings. The maximum atomic E-state index is 12.2. The maximum absolute atomic E-state index is 12.2. The van der Waals surface area contributed by atoms with Crippen molar-refractivity contribution in [2.75, 3.05) is 5.32 Å². The number of guanidine groups is 1. The van der Waals surface area contributed by atoms with Crippen LogP contribution in [0.2, 0.25) is 0 Å². The summed E-state index contributed by atoms with van der Waals surface area (Å²) >= 11 is 0. The Morgan fingerprint density at radius 2 is 1.76 bits per heavy atom. The summed E-state index contributed by atoms with van der Waals surface area (Å²) in [6.07, 6.45) is 0. The lowest BCUT2D eigenvalue weighted by molar-refractivity contribution is -0.384. The summed E-state index contributed by atoms with van der Waals surface area (Å²) in [6, 6.07) is 12.3. The van der Waals surface area contributed by atoms with Crippen LogP contribution in [0.4, 0.5) is 11.4 Å². The van der Waals surface area contributed by atoms with Crippen molar-refractivity contribution in [2.24, 2.45) is 21.7 Å². The van der Waals surface area contributed by atoms with Crippen molar-refractivity contribution in [1.82, 2.24) is 0 Å². The quantitative estimate of drug-likeness (QED) is 0.328. The van der Waals surface area contributed by atoms with Crippen molar-refractivity contribution >= 4 is 29.0 Å². The summed E-state index contributed by atoms with van der Waals surface area (Å²) in [5.74, 6) is -0.534. The number of nitrogens with zero attached hydrogens (tertiary/aromatic N) is 3. The number of nitrogens with one attached hydrogen (secondary N) is 1. The molecule has 25 heavy (non-hydrogen) atoms. The Morgan fingerprint density at radius 3 is 2.36 bits per heavy atom. The Hall–Kier alpha value is -3.75. The predicted octanol–water partition coefficient (Wildman–Crippen LogP) is 1.84. The number of nitrogens with two attached hydrogens (primary N) is 2. The molecule has 0 aliphatic carbocycles. The number of nitro groups is 1. The van der Waals surface area contributed by atoms with Crippen LogP contribution in [0.15, 0.2) is 58.7 Å². The van der Waals surface area contributed by atoms with Gasteiger partial charge in [-0.3, -0.25) is 14.9 Å². The van der Waals surface area contributed by atoms with E-state index in [1.165, 1.54) is 24.3 Å². The number of benzene rings is 2. The lowest BCUT2D eigenvalue weighted by atomic mass is 10.1. The molecule has 0 bridgehead atoms. The van der Waals surface area contributed by atoms with E-state index in [0.717, 1.165) is 5.56 Å². The van der Waals surface area contributed by atoms with Gasteiger partial charge in [-0.15, -0.1) is 5.10 Å². The fourth-order valence-electron chi connectivity index (χ4n) is 1.95. The highest BCUT2D eigenvalue weighted by Gasteiger charge is 2.10. The van der Waals surface area contributed by atoms with Crippen LogP contribution in [0.5, 0.6) is 0 Å². The Morgan fingerprint density at radius 1 is 1.08 bits per heavy atom. The van der Waals surface area contributed by atoms with E-state index in [9.17, 15) is 14.9 Å². The van der Waals surface area contributed by atoms with Crippen LogP contribution in [-0.2, 0) is 0 Å². The average Bonchev–Trinajstić information content (AvgIpc) is 2.59. The molecule has 0 heterocycles. The third-order valence-electron chi connectivity index (χ3n) is 3.19. The summed E-state index contributed by atoms with van der Waals surface area (Å²) in [5, 5.41) is 20.8. The number of carbonyl (C=O) groups excluding carboxylic acids is 1. The second-order valence-corrected chi connectivity index (χ2v) is 5.05. The molecular formula is C16H16N6O3. The number of amides is 1. The van der Waals surface area contributed by atoms with E-state index < -0.39 is 4.92 Å². The Labute approximate surface area is 143 Å². The fourth-order valence-corrected chi connectivity index (χ4v) is 1.95. The van der Waals surface area contributed by atoms with Crippen molar-refractivity contribution < 1.29 is 9.72 Å². The van der Waals surface area contributed by atoms with Gasteiger partial charge in [0.1, 0.15) is 0 Å². The normalized spacial score (nSPS) is 10.8. The van der Waals surface area contributed by atoms with E-state index in [2.05, 4.69) is 15.5 Å². The molecule has 1 amide bonds. The highest BCUT2D eigenvalue weighted by molar-refractivity contribution is 6.05. The molecule has 0 atom stereocenters. The monoisotopic (exact) mass is 340 g/mol. The first-order chi connectivity index (χ1) is 11.9. The van der Waals surface area contributed by atoms with Gasteiger partial charge in [0, 0.05) is 23.4 Å². The van der Waals surface area contributed by atoms with Crippen LogP contribution in [-0.4, -0.2) is 22.5 Å². The Balaban J connectivity index is 2.16. The topological polar surface area (TPSA) is 149 Å². The molecule has 0 aliphatic heterocycles. The largest absolute Gasteiger partial charge is 0.369 e. The number of hydrogen-bond acceptors (Lipinski definition) is 5. The molecule has 0 saturated heterocycles. The zero-order valence-corrected chi connectivity index (χ0v) is 13.3. The summed E-state index contributed by atoms with van der Waals surface area (Å²) in [5.41, 5.74) is 12.5. The van der Waals surface area contributed by atoms with Crippen molar-refractivity contribution in [2.45, 2.75) is 6.92 Å². The van der Waals surface area contributed by atoms with E-state index >= 15 is 0 Å². The van der Waals surface area contributed by atoms with E-state index in [4.69, 9.17) is 11.5 Å². The second kappa shape index (κ2) is 7.68. The van der Waals surface area contributed by atoms with Crippen LogP contribution in [0.1, 0.15) is 22.8 Å². The predicted molar refractivity (Wildman–Crippen MR) is 95.5 cm³/mol. The zero-order valence-electron chi connectivity index (χ0n) is 13.3. The molecule has 0 radical (unpaired) electrons. The molecule has 0 unspecified atom stereocenters. The number of nitro benzene ring substituents is 1. The standard InChI is InChI=1S/C16H16N6O3/c1-10(20-21-16(17)18)12-3-2-4-13(9-12)19-15(23)11-5-7-14(8-6-11)22(24)25/h2-9H,1H3,(H,19,23)(H4,17,18,21)/b20-10+. The molecule has 128 valence electrons. The molecule has 0 fully saturated rings. The highest BCUT2D eigenvalue weighted by Crippen LogP contribution is 2.16. The van der Waals surface area contributed by atoms with Crippen molar-refractivity contribution in [1.29, 1.82) is 0 Å². The van der Waals surface area contributed by atoms with Gasteiger partial charge in [-0.05, 0) is 36.8 Å². The average molecular weight is 340 g/mol. The molecule has 2 aromatic rings. The number of hydrogen-bond donors (Lipinski definition) is 3. The van der Waals surface area contributed by atoms with Crippen LogP contribution < -0.4 is 16.8 Å². The molecule has 9 heteroatoms. The first-order valence-electron chi connectivity index (χ1n) is 7.16. The smallest absolute Gasteiger partial charge is 0.269 e. The Kier molecular flexibility index (Phi) is 5.41. The van der Waals surface area contributed by atoms with Gasteiger partial charge in [0.05, 0.1) is 10.6 Å². The molecule has 9 nitrogen and oxygen atoms in total. The van der Waals surface area contributed by atoms with Crippen molar-refractivity contribution in [3.8, 4) is 0 Å². The Bertz CT molecular complexity index is 854. The van der Waals surface area contributed by atoms with Crippen LogP contribution in [0.3, 0.4) is 0 Å². The van der Waals surface area contributed by atoms with Gasteiger partial charge < -0.3 is 16.8 Å². The van der Waals surface area contributed by atoms with Crippen molar-refractivity contribution in [3.63, 3.8) is 0 Å². The number of anilines is 1. The SMILES string of the molecule is C/C(=N\N=C(N)N)c1cccc(NC(=O)c2ccc([N+](=O)[O-])cc2)c1. The molecule has 0 saturated carbocycles. The van der Waals surface area contributed by atoms with Gasteiger partial charge in [-0.25, -0.2) is 0 Å². The van der Waals surface area contributed by atoms with Crippen LogP contribution >= 0.6 is 0 Å². The third-order valence-corrected chi connectivity index (χ3v) is 3.19. The minimum Gasteiger partial charge on any atom is -0.369 e. The van der Waals surface area contributed by atoms with E-state index in [0.29, 0.717) is 17.0 Å². The van der Waals surface area contributed by atoms with E-state index in [1.54, 1.807) is 31.2 Å². The maximum Gasteiger partial charge on any atom is 0.269 e. The zero-order chi connectivity index (χ0) is 18.4. The third kappa shape index (κ3) is 4.86. The van der Waals surface area contributed by atoms with Gasteiger partial charge in [-0.2, -0.15) is 5.10 Å². The van der Waals surface area contributed by atoms with E-state index in [-0.39, 0.29) is 17.6 Å². The number of non-ortho nitro benzene ring substituents is 1. The first-order valence-corrected chi connectivity index (χ1v) is 7.16.